The zero-order valence-electron chi connectivity index (χ0n) is 23.0. The molecule has 5 rings (SSSR count). The van der Waals surface area contributed by atoms with E-state index in [1.165, 1.54) is 17.1 Å². The summed E-state index contributed by atoms with van der Waals surface area (Å²) < 4.78 is 15.9. The number of nitro groups is 1. The molecule has 216 valence electrons. The van der Waals surface area contributed by atoms with Gasteiger partial charge < -0.3 is 14.2 Å². The third-order valence-corrected chi connectivity index (χ3v) is 7.71. The average molecular weight is 590 g/mol. The largest absolute Gasteiger partial charge is 0.497 e. The number of methoxy groups -OCH3 is 2. The second kappa shape index (κ2) is 12.4. The minimum atomic E-state index is -0.942. The standard InChI is InChI=1S/C31H28ClN3O7/c1-40-23-11-6-19(7-12-23)16-21-4-3-5-25-29(21)33-34(30(25)20-8-13-24(41-2)14-9-20)28(36)18-42-31(37)26-17-22(35(38)39)10-15-27(26)32/h6-17,25,30H,3-5,18H2,1-2H3. The van der Waals surface area contributed by atoms with E-state index >= 15 is 0 Å². The van der Waals surface area contributed by atoms with Crippen molar-refractivity contribution in [2.24, 2.45) is 11.0 Å². The normalized spacial score (nSPS) is 18.7. The monoisotopic (exact) mass is 589 g/mol. The van der Waals surface area contributed by atoms with E-state index in [-0.39, 0.29) is 22.2 Å². The smallest absolute Gasteiger partial charge is 0.340 e. The lowest BCUT2D eigenvalue weighted by atomic mass is 9.77. The van der Waals surface area contributed by atoms with Gasteiger partial charge in [-0.05, 0) is 72.4 Å². The molecule has 1 aliphatic carbocycles. The van der Waals surface area contributed by atoms with Crippen molar-refractivity contribution >= 4 is 41.0 Å². The highest BCUT2D eigenvalue weighted by Gasteiger charge is 2.44. The molecule has 11 heteroatoms. The van der Waals surface area contributed by atoms with E-state index in [0.29, 0.717) is 5.75 Å². The van der Waals surface area contributed by atoms with Crippen LogP contribution in [0, 0.1) is 16.0 Å². The molecule has 0 aromatic heterocycles. The van der Waals surface area contributed by atoms with Crippen LogP contribution < -0.4 is 9.47 Å². The van der Waals surface area contributed by atoms with Crippen molar-refractivity contribution in [1.82, 2.24) is 5.01 Å². The van der Waals surface area contributed by atoms with Gasteiger partial charge in [0.2, 0.25) is 0 Å². The lowest BCUT2D eigenvalue weighted by Crippen LogP contribution is -2.34. The number of hydrazone groups is 1. The number of non-ortho nitro benzene ring substituents is 1. The molecule has 42 heavy (non-hydrogen) atoms. The number of hydrogen-bond acceptors (Lipinski definition) is 8. The highest BCUT2D eigenvalue weighted by Crippen LogP contribution is 2.44. The summed E-state index contributed by atoms with van der Waals surface area (Å²) >= 11 is 6.08. The van der Waals surface area contributed by atoms with Crippen molar-refractivity contribution in [2.45, 2.75) is 25.3 Å². The summed E-state index contributed by atoms with van der Waals surface area (Å²) in [6.45, 7) is -0.620. The van der Waals surface area contributed by atoms with E-state index in [4.69, 9.17) is 30.9 Å². The summed E-state index contributed by atoms with van der Waals surface area (Å²) in [6, 6.07) is 18.2. The molecule has 2 atom stereocenters. The number of halogens is 1. The summed E-state index contributed by atoms with van der Waals surface area (Å²) in [5.74, 6) is -0.0993. The number of nitrogens with zero attached hydrogens (tertiary/aromatic N) is 3. The molecule has 0 saturated heterocycles. The zero-order valence-corrected chi connectivity index (χ0v) is 23.7. The van der Waals surface area contributed by atoms with Gasteiger partial charge in [0.05, 0.1) is 41.5 Å². The highest BCUT2D eigenvalue weighted by atomic mass is 35.5. The third-order valence-electron chi connectivity index (χ3n) is 7.38. The molecular weight excluding hydrogens is 562 g/mol. The number of ether oxygens (including phenoxy) is 3. The average Bonchev–Trinajstić information content (AvgIpc) is 3.41. The predicted molar refractivity (Wildman–Crippen MR) is 157 cm³/mol. The van der Waals surface area contributed by atoms with Crippen LogP contribution in [0.25, 0.3) is 6.08 Å². The molecule has 2 unspecified atom stereocenters. The molecule has 1 saturated carbocycles. The molecule has 0 N–H and O–H groups in total. The van der Waals surface area contributed by atoms with E-state index in [1.54, 1.807) is 14.2 Å². The topological polar surface area (TPSA) is 121 Å². The number of hydrogen-bond donors (Lipinski definition) is 0. The first-order chi connectivity index (χ1) is 20.3. The van der Waals surface area contributed by atoms with Gasteiger partial charge in [-0.1, -0.05) is 35.9 Å². The van der Waals surface area contributed by atoms with Gasteiger partial charge in [0.25, 0.3) is 11.6 Å². The fourth-order valence-electron chi connectivity index (χ4n) is 5.30. The summed E-state index contributed by atoms with van der Waals surface area (Å²) in [7, 11) is 3.20. The number of amides is 1. The van der Waals surface area contributed by atoms with Crippen molar-refractivity contribution in [3.63, 3.8) is 0 Å². The molecular formula is C31H28ClN3O7. The maximum Gasteiger partial charge on any atom is 0.340 e. The van der Waals surface area contributed by atoms with Gasteiger partial charge in [-0.3, -0.25) is 14.9 Å². The lowest BCUT2D eigenvalue weighted by Gasteiger charge is -2.29. The Morgan fingerprint density at radius 2 is 1.71 bits per heavy atom. The number of fused-ring (bicyclic) bond motifs is 1. The summed E-state index contributed by atoms with van der Waals surface area (Å²) in [6.07, 6.45) is 4.62. The van der Waals surface area contributed by atoms with Crippen molar-refractivity contribution in [3.05, 3.63) is 104 Å². The first kappa shape index (κ1) is 28.8. The molecule has 2 aliphatic rings. The fraction of sp³-hybridized carbons (Fsp3) is 0.258. The van der Waals surface area contributed by atoms with Gasteiger partial charge >= 0.3 is 5.97 Å². The molecule has 10 nitrogen and oxygen atoms in total. The Morgan fingerprint density at radius 1 is 1.05 bits per heavy atom. The molecule has 3 aromatic rings. The maximum atomic E-state index is 13.6. The summed E-state index contributed by atoms with van der Waals surface area (Å²) in [4.78, 5) is 36.8. The van der Waals surface area contributed by atoms with Crippen molar-refractivity contribution in [3.8, 4) is 11.5 Å². The molecule has 0 spiro atoms. The van der Waals surface area contributed by atoms with Crippen LogP contribution in [-0.2, 0) is 9.53 Å². The van der Waals surface area contributed by atoms with Crippen LogP contribution in [0.1, 0.15) is 46.8 Å². The first-order valence-corrected chi connectivity index (χ1v) is 13.7. The summed E-state index contributed by atoms with van der Waals surface area (Å²) in [5.41, 5.74) is 3.19. The Kier molecular flexibility index (Phi) is 8.53. The SMILES string of the molecule is COc1ccc(C=C2CCCC3C2=NN(C(=O)COC(=O)c2cc([N+](=O)[O-])ccc2Cl)C3c2ccc(OC)cc2)cc1. The molecule has 1 amide bonds. The Bertz CT molecular complexity index is 1570. The first-order valence-electron chi connectivity index (χ1n) is 13.3. The van der Waals surface area contributed by atoms with Gasteiger partial charge in [0.15, 0.2) is 6.61 Å². The zero-order chi connectivity index (χ0) is 29.8. The number of rotatable bonds is 8. The van der Waals surface area contributed by atoms with Gasteiger partial charge in [-0.2, -0.15) is 5.10 Å². The number of allylic oxidation sites excluding steroid dienone is 1. The van der Waals surface area contributed by atoms with Crippen LogP contribution in [0.2, 0.25) is 5.02 Å². The minimum Gasteiger partial charge on any atom is -0.497 e. The molecule has 3 aromatic carbocycles. The highest BCUT2D eigenvalue weighted by molar-refractivity contribution is 6.33. The van der Waals surface area contributed by atoms with Crippen LogP contribution in [0.5, 0.6) is 11.5 Å². The van der Waals surface area contributed by atoms with Crippen LogP contribution in [0.4, 0.5) is 5.69 Å². The second-order valence-electron chi connectivity index (χ2n) is 9.88. The van der Waals surface area contributed by atoms with E-state index in [2.05, 4.69) is 6.08 Å². The van der Waals surface area contributed by atoms with Crippen LogP contribution in [0.3, 0.4) is 0 Å². The Labute approximate surface area is 247 Å². The van der Waals surface area contributed by atoms with Crippen LogP contribution >= 0.6 is 11.6 Å². The van der Waals surface area contributed by atoms with Gasteiger partial charge in [0, 0.05) is 18.1 Å². The second-order valence-corrected chi connectivity index (χ2v) is 10.3. The number of nitro benzene ring substituents is 1. The number of carbonyl (C=O) groups is 2. The molecule has 1 fully saturated rings. The predicted octanol–water partition coefficient (Wildman–Crippen LogP) is 6.25. The van der Waals surface area contributed by atoms with Crippen molar-refractivity contribution < 1.29 is 28.7 Å². The van der Waals surface area contributed by atoms with Gasteiger partial charge in [-0.25, -0.2) is 9.80 Å². The van der Waals surface area contributed by atoms with E-state index < -0.39 is 29.4 Å². The number of carbonyl (C=O) groups excluding carboxylic acids is 2. The summed E-state index contributed by atoms with van der Waals surface area (Å²) in [5, 5.41) is 17.3. The fourth-order valence-corrected chi connectivity index (χ4v) is 5.49. The van der Waals surface area contributed by atoms with Crippen LogP contribution in [-0.4, -0.2) is 48.3 Å². The lowest BCUT2D eigenvalue weighted by molar-refractivity contribution is -0.384. The van der Waals surface area contributed by atoms with Crippen LogP contribution in [0.15, 0.2) is 77.4 Å². The molecule has 1 aliphatic heterocycles. The Morgan fingerprint density at radius 3 is 2.36 bits per heavy atom. The maximum absolute atomic E-state index is 13.6. The number of benzene rings is 3. The molecule has 1 heterocycles. The van der Waals surface area contributed by atoms with Crippen molar-refractivity contribution in [2.75, 3.05) is 20.8 Å². The van der Waals surface area contributed by atoms with Crippen molar-refractivity contribution in [1.29, 1.82) is 0 Å². The Balaban J connectivity index is 1.43. The van der Waals surface area contributed by atoms with E-state index in [1.807, 2.05) is 48.5 Å². The van der Waals surface area contributed by atoms with E-state index in [0.717, 1.165) is 53.5 Å². The Hall–Kier alpha value is -4.70. The quantitative estimate of drug-likeness (QED) is 0.173. The van der Waals surface area contributed by atoms with E-state index in [9.17, 15) is 19.7 Å². The van der Waals surface area contributed by atoms with Gasteiger partial charge in [-0.15, -0.1) is 0 Å². The molecule has 0 radical (unpaired) electrons. The van der Waals surface area contributed by atoms with Gasteiger partial charge in [0.1, 0.15) is 11.5 Å². The number of esters is 1. The third kappa shape index (κ3) is 5.99. The molecule has 0 bridgehead atoms. The minimum absolute atomic E-state index is 0.0186.